The molecule has 0 spiro atoms. The number of carbonyl (C=O) groups is 1. The fourth-order valence-electron chi connectivity index (χ4n) is 2.56. The van der Waals surface area contributed by atoms with Crippen molar-refractivity contribution in [3.8, 4) is 0 Å². The first kappa shape index (κ1) is 19.0. The molecule has 0 N–H and O–H groups in total. The molecule has 0 aliphatic rings. The molecule has 0 aliphatic heterocycles. The second-order valence-electron chi connectivity index (χ2n) is 6.41. The number of nitrogens with zero attached hydrogens (tertiary/aromatic N) is 2. The monoisotopic (exact) mass is 360 g/mol. The van der Waals surface area contributed by atoms with Crippen LogP contribution in [0.2, 0.25) is 0 Å². The smallest absolute Gasteiger partial charge is 0.264 e. The van der Waals surface area contributed by atoms with E-state index >= 15 is 0 Å². The van der Waals surface area contributed by atoms with Crippen LogP contribution in [0.25, 0.3) is 0 Å². The van der Waals surface area contributed by atoms with E-state index < -0.39 is 10.0 Å². The highest BCUT2D eigenvalue weighted by molar-refractivity contribution is 7.92. The lowest BCUT2D eigenvalue weighted by Gasteiger charge is -2.21. The Morgan fingerprint density at radius 1 is 0.960 bits per heavy atom. The molecule has 2 aromatic carbocycles. The molecule has 0 unspecified atom stereocenters. The van der Waals surface area contributed by atoms with Gasteiger partial charge in [0.25, 0.3) is 15.9 Å². The molecule has 0 radical (unpaired) electrons. The topological polar surface area (TPSA) is 57.7 Å². The van der Waals surface area contributed by atoms with E-state index in [-0.39, 0.29) is 10.8 Å². The summed E-state index contributed by atoms with van der Waals surface area (Å²) in [5.41, 5.74) is 1.06. The Morgan fingerprint density at radius 2 is 1.52 bits per heavy atom. The fourth-order valence-corrected chi connectivity index (χ4v) is 3.75. The van der Waals surface area contributed by atoms with E-state index in [2.05, 4.69) is 0 Å². The van der Waals surface area contributed by atoms with E-state index in [0.29, 0.717) is 23.7 Å². The van der Waals surface area contributed by atoms with E-state index in [9.17, 15) is 13.2 Å². The van der Waals surface area contributed by atoms with Crippen molar-refractivity contribution in [1.29, 1.82) is 0 Å². The van der Waals surface area contributed by atoms with Crippen LogP contribution >= 0.6 is 0 Å². The SMILES string of the molecule is CC(C)CN(C)C(=O)c1ccc(S(=O)(=O)N(C)c2ccccc2)cc1. The Kier molecular flexibility index (Phi) is 5.85. The van der Waals surface area contributed by atoms with Gasteiger partial charge in [-0.05, 0) is 42.3 Å². The molecule has 134 valence electrons. The van der Waals surface area contributed by atoms with Gasteiger partial charge in [0.05, 0.1) is 10.6 Å². The molecule has 2 aromatic rings. The van der Waals surface area contributed by atoms with Gasteiger partial charge in [0.15, 0.2) is 0 Å². The van der Waals surface area contributed by atoms with Crippen LogP contribution in [0, 0.1) is 5.92 Å². The average Bonchev–Trinajstić information content (AvgIpc) is 2.60. The summed E-state index contributed by atoms with van der Waals surface area (Å²) in [5.74, 6) is 0.252. The molecule has 0 heterocycles. The molecular weight excluding hydrogens is 336 g/mol. The first-order valence-corrected chi connectivity index (χ1v) is 9.57. The molecule has 5 nitrogen and oxygen atoms in total. The predicted octanol–water partition coefficient (Wildman–Crippen LogP) is 3.24. The van der Waals surface area contributed by atoms with E-state index in [1.807, 2.05) is 19.9 Å². The Labute approximate surface area is 149 Å². The molecule has 0 saturated carbocycles. The van der Waals surface area contributed by atoms with Crippen molar-refractivity contribution in [2.45, 2.75) is 18.7 Å². The zero-order valence-corrected chi connectivity index (χ0v) is 15.8. The van der Waals surface area contributed by atoms with E-state index in [1.165, 1.54) is 23.5 Å². The summed E-state index contributed by atoms with van der Waals surface area (Å²) in [7, 11) is -0.405. The van der Waals surface area contributed by atoms with Crippen LogP contribution < -0.4 is 4.31 Å². The number of sulfonamides is 1. The third kappa shape index (κ3) is 4.39. The molecule has 0 aliphatic carbocycles. The summed E-state index contributed by atoms with van der Waals surface area (Å²) in [5, 5.41) is 0. The van der Waals surface area contributed by atoms with Crippen LogP contribution in [0.4, 0.5) is 5.69 Å². The van der Waals surface area contributed by atoms with Crippen molar-refractivity contribution in [2.24, 2.45) is 5.92 Å². The van der Waals surface area contributed by atoms with E-state index in [4.69, 9.17) is 0 Å². The van der Waals surface area contributed by atoms with Gasteiger partial charge in [-0.3, -0.25) is 9.10 Å². The second kappa shape index (κ2) is 7.70. The summed E-state index contributed by atoms with van der Waals surface area (Å²) in [6.07, 6.45) is 0. The largest absolute Gasteiger partial charge is 0.341 e. The van der Waals surface area contributed by atoms with Crippen molar-refractivity contribution < 1.29 is 13.2 Å². The van der Waals surface area contributed by atoms with Gasteiger partial charge < -0.3 is 4.90 Å². The first-order chi connectivity index (χ1) is 11.7. The molecule has 6 heteroatoms. The van der Waals surface area contributed by atoms with Crippen LogP contribution in [-0.2, 0) is 10.0 Å². The molecule has 0 fully saturated rings. The molecular formula is C19H24N2O3S. The minimum absolute atomic E-state index is 0.117. The standard InChI is InChI=1S/C19H24N2O3S/c1-15(2)14-20(3)19(22)16-10-12-18(13-11-16)25(23,24)21(4)17-8-6-5-7-9-17/h5-13,15H,14H2,1-4H3. The lowest BCUT2D eigenvalue weighted by atomic mass is 10.1. The lowest BCUT2D eigenvalue weighted by Crippen LogP contribution is -2.30. The predicted molar refractivity (Wildman–Crippen MR) is 100 cm³/mol. The van der Waals surface area contributed by atoms with Gasteiger partial charge in [0.1, 0.15) is 0 Å². The van der Waals surface area contributed by atoms with Crippen LogP contribution in [0.5, 0.6) is 0 Å². The van der Waals surface area contributed by atoms with Gasteiger partial charge in [-0.2, -0.15) is 0 Å². The normalized spacial score (nSPS) is 11.4. The summed E-state index contributed by atoms with van der Waals surface area (Å²) in [6.45, 7) is 4.73. The summed E-state index contributed by atoms with van der Waals surface area (Å²) in [4.78, 5) is 14.2. The molecule has 0 atom stereocenters. The van der Waals surface area contributed by atoms with Gasteiger partial charge >= 0.3 is 0 Å². The number of rotatable bonds is 6. The van der Waals surface area contributed by atoms with Gasteiger partial charge in [0.2, 0.25) is 0 Å². The number of para-hydroxylation sites is 1. The van der Waals surface area contributed by atoms with Crippen molar-refractivity contribution in [1.82, 2.24) is 4.90 Å². The Balaban J connectivity index is 2.23. The van der Waals surface area contributed by atoms with Crippen LogP contribution in [0.1, 0.15) is 24.2 Å². The Morgan fingerprint density at radius 3 is 2.04 bits per heavy atom. The second-order valence-corrected chi connectivity index (χ2v) is 8.38. The van der Waals surface area contributed by atoms with Crippen molar-refractivity contribution in [3.63, 3.8) is 0 Å². The van der Waals surface area contributed by atoms with Crippen molar-refractivity contribution in [3.05, 3.63) is 60.2 Å². The van der Waals surface area contributed by atoms with E-state index in [0.717, 1.165) is 0 Å². The summed E-state index contributed by atoms with van der Waals surface area (Å²) >= 11 is 0. The number of hydrogen-bond donors (Lipinski definition) is 0. The maximum Gasteiger partial charge on any atom is 0.264 e. The zero-order valence-electron chi connectivity index (χ0n) is 15.0. The van der Waals surface area contributed by atoms with Gasteiger partial charge in [0, 0.05) is 26.2 Å². The summed E-state index contributed by atoms with van der Waals surface area (Å²) in [6, 6.07) is 14.9. The number of benzene rings is 2. The lowest BCUT2D eigenvalue weighted by molar-refractivity contribution is 0.0779. The van der Waals surface area contributed by atoms with Crippen LogP contribution in [0.3, 0.4) is 0 Å². The third-order valence-electron chi connectivity index (χ3n) is 3.87. The fraction of sp³-hybridized carbons (Fsp3) is 0.316. The maximum absolute atomic E-state index is 12.7. The molecule has 0 saturated heterocycles. The molecule has 25 heavy (non-hydrogen) atoms. The number of carbonyl (C=O) groups excluding carboxylic acids is 1. The third-order valence-corrected chi connectivity index (χ3v) is 5.66. The molecule has 2 rings (SSSR count). The maximum atomic E-state index is 12.7. The average molecular weight is 360 g/mol. The summed E-state index contributed by atoms with van der Waals surface area (Å²) < 4.78 is 26.7. The molecule has 0 bridgehead atoms. The minimum atomic E-state index is -3.67. The number of amides is 1. The number of anilines is 1. The van der Waals surface area contributed by atoms with Gasteiger partial charge in [-0.25, -0.2) is 8.42 Å². The molecule has 0 aromatic heterocycles. The van der Waals surface area contributed by atoms with Crippen LogP contribution in [0.15, 0.2) is 59.5 Å². The zero-order chi connectivity index (χ0) is 18.6. The van der Waals surface area contributed by atoms with Gasteiger partial charge in [-0.1, -0.05) is 32.0 Å². The quantitative estimate of drug-likeness (QED) is 0.795. The first-order valence-electron chi connectivity index (χ1n) is 8.13. The highest BCUT2D eigenvalue weighted by atomic mass is 32.2. The Hall–Kier alpha value is -2.34. The van der Waals surface area contributed by atoms with E-state index in [1.54, 1.807) is 48.3 Å². The highest BCUT2D eigenvalue weighted by Gasteiger charge is 2.22. The highest BCUT2D eigenvalue weighted by Crippen LogP contribution is 2.22. The minimum Gasteiger partial charge on any atom is -0.341 e. The molecule has 1 amide bonds. The number of hydrogen-bond acceptors (Lipinski definition) is 3. The van der Waals surface area contributed by atoms with Crippen molar-refractivity contribution >= 4 is 21.6 Å². The Bertz CT molecular complexity index is 816. The van der Waals surface area contributed by atoms with Gasteiger partial charge in [-0.15, -0.1) is 0 Å². The van der Waals surface area contributed by atoms with Crippen molar-refractivity contribution in [2.75, 3.05) is 24.9 Å². The van der Waals surface area contributed by atoms with Crippen LogP contribution in [-0.4, -0.2) is 39.9 Å².